The lowest BCUT2D eigenvalue weighted by molar-refractivity contribution is -0.0570. The Labute approximate surface area is 136 Å². The van der Waals surface area contributed by atoms with E-state index in [4.69, 9.17) is 27.9 Å². The molecule has 3 nitrogen and oxygen atoms in total. The smallest absolute Gasteiger partial charge is 0.255 e. The summed E-state index contributed by atoms with van der Waals surface area (Å²) in [6.45, 7) is 3.05. The lowest BCUT2D eigenvalue weighted by Gasteiger charge is -2.36. The van der Waals surface area contributed by atoms with Crippen LogP contribution in [0.3, 0.4) is 0 Å². The SMILES string of the molecule is CC1CN(C(=O)c2cc(Cl)ccc2I)CC(CCl)O1. The predicted octanol–water partition coefficient (Wildman–Crippen LogP) is 3.41. The van der Waals surface area contributed by atoms with Crippen LogP contribution in [0.15, 0.2) is 18.2 Å². The molecule has 2 unspecified atom stereocenters. The zero-order valence-electron chi connectivity index (χ0n) is 10.4. The van der Waals surface area contributed by atoms with Crippen molar-refractivity contribution in [3.05, 3.63) is 32.4 Å². The van der Waals surface area contributed by atoms with Gasteiger partial charge in [-0.1, -0.05) is 11.6 Å². The maximum absolute atomic E-state index is 12.5. The Morgan fingerprint density at radius 3 is 2.95 bits per heavy atom. The van der Waals surface area contributed by atoms with Crippen LogP contribution in [0.25, 0.3) is 0 Å². The Balaban J connectivity index is 2.21. The molecule has 1 saturated heterocycles. The van der Waals surface area contributed by atoms with Crippen molar-refractivity contribution in [2.75, 3.05) is 19.0 Å². The second kappa shape index (κ2) is 6.61. The molecule has 0 N–H and O–H groups in total. The standard InChI is InChI=1S/C13H14Cl2INO2/c1-8-6-17(7-10(5-14)19-8)13(18)11-4-9(15)2-3-12(11)16/h2-4,8,10H,5-7H2,1H3. The fourth-order valence-corrected chi connectivity index (χ4v) is 3.04. The number of hydrogen-bond donors (Lipinski definition) is 0. The van der Waals surface area contributed by atoms with Gasteiger partial charge < -0.3 is 9.64 Å². The van der Waals surface area contributed by atoms with Crippen molar-refractivity contribution < 1.29 is 9.53 Å². The molecule has 1 heterocycles. The molecule has 1 fully saturated rings. The van der Waals surface area contributed by atoms with E-state index in [0.29, 0.717) is 29.6 Å². The van der Waals surface area contributed by atoms with E-state index in [1.54, 1.807) is 17.0 Å². The molecular formula is C13H14Cl2INO2. The van der Waals surface area contributed by atoms with Crippen LogP contribution >= 0.6 is 45.8 Å². The maximum atomic E-state index is 12.5. The third-order valence-electron chi connectivity index (χ3n) is 2.94. The van der Waals surface area contributed by atoms with E-state index < -0.39 is 0 Å². The highest BCUT2D eigenvalue weighted by Crippen LogP contribution is 2.22. The van der Waals surface area contributed by atoms with Crippen LogP contribution in [0.5, 0.6) is 0 Å². The summed E-state index contributed by atoms with van der Waals surface area (Å²) in [4.78, 5) is 14.3. The summed E-state index contributed by atoms with van der Waals surface area (Å²) in [5.41, 5.74) is 0.635. The highest BCUT2D eigenvalue weighted by molar-refractivity contribution is 14.1. The topological polar surface area (TPSA) is 29.5 Å². The highest BCUT2D eigenvalue weighted by atomic mass is 127. The number of halogens is 3. The molecule has 104 valence electrons. The van der Waals surface area contributed by atoms with Crippen molar-refractivity contribution in [2.24, 2.45) is 0 Å². The maximum Gasteiger partial charge on any atom is 0.255 e. The van der Waals surface area contributed by atoms with Crippen LogP contribution in [-0.2, 0) is 4.74 Å². The Morgan fingerprint density at radius 1 is 1.53 bits per heavy atom. The van der Waals surface area contributed by atoms with Gasteiger partial charge in [0.05, 0.1) is 23.7 Å². The first-order chi connectivity index (χ1) is 9.01. The molecule has 0 saturated carbocycles. The van der Waals surface area contributed by atoms with E-state index >= 15 is 0 Å². The van der Waals surface area contributed by atoms with Crippen LogP contribution in [0.4, 0.5) is 0 Å². The summed E-state index contributed by atoms with van der Waals surface area (Å²) in [6, 6.07) is 5.34. The van der Waals surface area contributed by atoms with Gasteiger partial charge in [-0.05, 0) is 47.7 Å². The number of benzene rings is 1. The first-order valence-electron chi connectivity index (χ1n) is 5.97. The van der Waals surface area contributed by atoms with Gasteiger partial charge in [-0.25, -0.2) is 0 Å². The lowest BCUT2D eigenvalue weighted by atomic mass is 10.1. The highest BCUT2D eigenvalue weighted by Gasteiger charge is 2.29. The van der Waals surface area contributed by atoms with Gasteiger partial charge in [0.15, 0.2) is 0 Å². The Morgan fingerprint density at radius 2 is 2.26 bits per heavy atom. The van der Waals surface area contributed by atoms with Crippen molar-refractivity contribution in [3.63, 3.8) is 0 Å². The van der Waals surface area contributed by atoms with Crippen LogP contribution < -0.4 is 0 Å². The second-order valence-electron chi connectivity index (χ2n) is 4.56. The van der Waals surface area contributed by atoms with Gasteiger partial charge in [0.25, 0.3) is 5.91 Å². The van der Waals surface area contributed by atoms with Gasteiger partial charge in [0, 0.05) is 21.7 Å². The van der Waals surface area contributed by atoms with Crippen molar-refractivity contribution >= 4 is 51.7 Å². The molecule has 1 amide bonds. The van der Waals surface area contributed by atoms with Crippen LogP contribution in [0, 0.1) is 3.57 Å². The minimum absolute atomic E-state index is 0.00158. The zero-order chi connectivity index (χ0) is 14.0. The van der Waals surface area contributed by atoms with E-state index in [1.165, 1.54) is 0 Å². The molecule has 2 atom stereocenters. The summed E-state index contributed by atoms with van der Waals surface area (Å²) in [7, 11) is 0. The monoisotopic (exact) mass is 413 g/mol. The Kier molecular flexibility index (Phi) is 5.34. The van der Waals surface area contributed by atoms with Gasteiger partial charge in [-0.3, -0.25) is 4.79 Å². The van der Waals surface area contributed by atoms with Crippen molar-refractivity contribution in [3.8, 4) is 0 Å². The number of ether oxygens (including phenoxy) is 1. The lowest BCUT2D eigenvalue weighted by Crippen LogP contribution is -2.49. The normalized spacial score (nSPS) is 23.5. The van der Waals surface area contributed by atoms with E-state index in [2.05, 4.69) is 22.6 Å². The average molecular weight is 414 g/mol. The average Bonchev–Trinajstić information content (AvgIpc) is 2.40. The molecule has 1 aliphatic rings. The first kappa shape index (κ1) is 15.4. The molecule has 6 heteroatoms. The van der Waals surface area contributed by atoms with Crippen molar-refractivity contribution in [1.82, 2.24) is 4.90 Å². The summed E-state index contributed by atoms with van der Waals surface area (Å²) in [6.07, 6.45) is -0.107. The molecule has 0 aliphatic carbocycles. The van der Waals surface area contributed by atoms with Gasteiger partial charge in [-0.15, -0.1) is 11.6 Å². The van der Waals surface area contributed by atoms with E-state index in [1.807, 2.05) is 13.0 Å². The number of alkyl halides is 1. The van der Waals surface area contributed by atoms with Crippen molar-refractivity contribution in [1.29, 1.82) is 0 Å². The molecule has 1 aromatic carbocycles. The molecule has 19 heavy (non-hydrogen) atoms. The number of carbonyl (C=O) groups excluding carboxylic acids is 1. The second-order valence-corrected chi connectivity index (χ2v) is 6.46. The molecule has 1 aromatic rings. The first-order valence-corrected chi connectivity index (χ1v) is 7.96. The number of rotatable bonds is 2. The fourth-order valence-electron chi connectivity index (χ4n) is 2.13. The number of nitrogens with zero attached hydrogens (tertiary/aromatic N) is 1. The van der Waals surface area contributed by atoms with E-state index in [-0.39, 0.29) is 18.1 Å². The fraction of sp³-hybridized carbons (Fsp3) is 0.462. The predicted molar refractivity (Wildman–Crippen MR) is 85.1 cm³/mol. The van der Waals surface area contributed by atoms with Crippen LogP contribution in [-0.4, -0.2) is 42.0 Å². The molecule has 0 bridgehead atoms. The Hall–Kier alpha value is -0.0400. The Bertz CT molecular complexity index is 484. The van der Waals surface area contributed by atoms with Crippen molar-refractivity contribution in [2.45, 2.75) is 19.1 Å². The summed E-state index contributed by atoms with van der Waals surface area (Å²) >= 11 is 13.9. The molecule has 0 spiro atoms. The number of hydrogen-bond acceptors (Lipinski definition) is 2. The third kappa shape index (κ3) is 3.74. The molecule has 0 radical (unpaired) electrons. The van der Waals surface area contributed by atoms with Gasteiger partial charge in [0.2, 0.25) is 0 Å². The van der Waals surface area contributed by atoms with Crippen LogP contribution in [0.2, 0.25) is 5.02 Å². The number of carbonyl (C=O) groups is 1. The summed E-state index contributed by atoms with van der Waals surface area (Å²) in [5, 5.41) is 0.568. The summed E-state index contributed by atoms with van der Waals surface area (Å²) in [5.74, 6) is 0.373. The minimum atomic E-state index is -0.105. The van der Waals surface area contributed by atoms with Crippen LogP contribution in [0.1, 0.15) is 17.3 Å². The molecule has 2 rings (SSSR count). The quantitative estimate of drug-likeness (QED) is 0.549. The van der Waals surface area contributed by atoms with E-state index in [0.717, 1.165) is 3.57 Å². The number of amides is 1. The minimum Gasteiger partial charge on any atom is -0.370 e. The van der Waals surface area contributed by atoms with Gasteiger partial charge in [0.1, 0.15) is 0 Å². The largest absolute Gasteiger partial charge is 0.370 e. The third-order valence-corrected chi connectivity index (χ3v) is 4.46. The molecular weight excluding hydrogens is 400 g/mol. The van der Waals surface area contributed by atoms with Gasteiger partial charge in [-0.2, -0.15) is 0 Å². The van der Waals surface area contributed by atoms with E-state index in [9.17, 15) is 4.79 Å². The molecule has 0 aromatic heterocycles. The molecule has 1 aliphatic heterocycles. The van der Waals surface area contributed by atoms with Gasteiger partial charge >= 0.3 is 0 Å². The summed E-state index contributed by atoms with van der Waals surface area (Å²) < 4.78 is 6.55. The zero-order valence-corrected chi connectivity index (χ0v) is 14.1. The number of morpholine rings is 1.